The minimum atomic E-state index is -0.193. The number of hydrogen-bond donors (Lipinski definition) is 1. The summed E-state index contributed by atoms with van der Waals surface area (Å²) in [7, 11) is 0. The molecule has 2 aromatic carbocycles. The smallest absolute Gasteiger partial charge is 0.231 e. The zero-order valence-corrected chi connectivity index (χ0v) is 16.6. The van der Waals surface area contributed by atoms with E-state index in [1.807, 2.05) is 61.5 Å². The van der Waals surface area contributed by atoms with E-state index in [-0.39, 0.29) is 12.3 Å². The number of rotatable bonds is 6. The summed E-state index contributed by atoms with van der Waals surface area (Å²) < 4.78 is 7.43. The summed E-state index contributed by atoms with van der Waals surface area (Å²) in [5.74, 6) is 1.54. The molecule has 0 unspecified atom stereocenters. The number of nitrogens with one attached hydrogen (secondary N) is 1. The van der Waals surface area contributed by atoms with Crippen LogP contribution in [0.2, 0.25) is 5.02 Å². The van der Waals surface area contributed by atoms with Crippen LogP contribution in [-0.2, 0) is 17.8 Å². The molecular weight excluding hydrogens is 388 g/mol. The quantitative estimate of drug-likeness (QED) is 0.502. The van der Waals surface area contributed by atoms with Gasteiger partial charge in [-0.2, -0.15) is 5.10 Å². The molecule has 6 nitrogen and oxygen atoms in total. The lowest BCUT2D eigenvalue weighted by atomic mass is 10.2. The molecule has 7 heteroatoms. The van der Waals surface area contributed by atoms with Gasteiger partial charge in [-0.15, -0.1) is 0 Å². The predicted octanol–water partition coefficient (Wildman–Crippen LogP) is 4.73. The number of hydrogen-bond acceptors (Lipinski definition) is 4. The molecule has 0 aliphatic carbocycles. The van der Waals surface area contributed by atoms with E-state index in [0.717, 1.165) is 11.1 Å². The lowest BCUT2D eigenvalue weighted by Gasteiger charge is -2.10. The minimum Gasteiger partial charge on any atom is -0.441 e. The monoisotopic (exact) mass is 406 g/mol. The molecule has 1 N–H and O–H groups in total. The van der Waals surface area contributed by atoms with Gasteiger partial charge in [0.05, 0.1) is 24.9 Å². The zero-order valence-electron chi connectivity index (χ0n) is 15.8. The molecular formula is C22H19ClN4O2. The Hall–Kier alpha value is -3.38. The van der Waals surface area contributed by atoms with E-state index in [4.69, 9.17) is 16.0 Å². The number of carbonyl (C=O) groups is 1. The molecule has 2 aromatic heterocycles. The first-order valence-electron chi connectivity index (χ1n) is 9.17. The van der Waals surface area contributed by atoms with Gasteiger partial charge in [0.15, 0.2) is 0 Å². The summed E-state index contributed by atoms with van der Waals surface area (Å²) in [6, 6.07) is 18.9. The van der Waals surface area contributed by atoms with Crippen LogP contribution in [0.5, 0.6) is 0 Å². The van der Waals surface area contributed by atoms with Crippen molar-refractivity contribution in [2.75, 3.05) is 5.32 Å². The second-order valence-electron chi connectivity index (χ2n) is 6.58. The van der Waals surface area contributed by atoms with Crippen molar-refractivity contribution in [1.82, 2.24) is 14.8 Å². The van der Waals surface area contributed by atoms with Crippen LogP contribution >= 0.6 is 11.6 Å². The maximum Gasteiger partial charge on any atom is 0.231 e. The number of anilines is 1. The van der Waals surface area contributed by atoms with Gasteiger partial charge < -0.3 is 9.73 Å². The first-order chi connectivity index (χ1) is 14.1. The largest absolute Gasteiger partial charge is 0.441 e. The zero-order chi connectivity index (χ0) is 20.2. The summed E-state index contributed by atoms with van der Waals surface area (Å²) in [6.45, 7) is 2.27. The lowest BCUT2D eigenvalue weighted by Crippen LogP contribution is -2.18. The van der Waals surface area contributed by atoms with Gasteiger partial charge in [0.1, 0.15) is 11.6 Å². The van der Waals surface area contributed by atoms with E-state index >= 15 is 0 Å². The van der Waals surface area contributed by atoms with Crippen molar-refractivity contribution in [2.45, 2.75) is 19.9 Å². The molecule has 4 rings (SSSR count). The van der Waals surface area contributed by atoms with Crippen molar-refractivity contribution in [1.29, 1.82) is 0 Å². The van der Waals surface area contributed by atoms with Gasteiger partial charge in [-0.3, -0.25) is 4.79 Å². The molecule has 0 fully saturated rings. The minimum absolute atomic E-state index is 0.111. The van der Waals surface area contributed by atoms with E-state index in [2.05, 4.69) is 15.4 Å². The summed E-state index contributed by atoms with van der Waals surface area (Å²) in [5.41, 5.74) is 2.41. The molecule has 0 aliphatic rings. The fraction of sp³-hybridized carbons (Fsp3) is 0.136. The molecule has 29 heavy (non-hydrogen) atoms. The number of aryl methyl sites for hydroxylation is 1. The second kappa shape index (κ2) is 8.32. The topological polar surface area (TPSA) is 73.0 Å². The summed E-state index contributed by atoms with van der Waals surface area (Å²) in [4.78, 5) is 17.1. The second-order valence-corrected chi connectivity index (χ2v) is 6.99. The normalized spacial score (nSPS) is 10.8. The highest BCUT2D eigenvalue weighted by Gasteiger charge is 2.16. The maximum atomic E-state index is 12.6. The van der Waals surface area contributed by atoms with Crippen molar-refractivity contribution in [3.63, 3.8) is 0 Å². The van der Waals surface area contributed by atoms with Crippen LogP contribution in [0.3, 0.4) is 0 Å². The van der Waals surface area contributed by atoms with E-state index in [9.17, 15) is 4.79 Å². The molecule has 0 saturated heterocycles. The molecule has 0 bridgehead atoms. The Balaban J connectivity index is 1.46. The first-order valence-corrected chi connectivity index (χ1v) is 9.55. The SMILES string of the molecule is Cc1oc(-c2ccccc2)nc1CC(=O)Nc1ccnn1Cc1ccccc1Cl. The Morgan fingerprint density at radius 2 is 1.86 bits per heavy atom. The Labute approximate surface area is 173 Å². The molecule has 2 heterocycles. The number of amides is 1. The number of benzene rings is 2. The van der Waals surface area contributed by atoms with Gasteiger partial charge in [-0.1, -0.05) is 48.0 Å². The van der Waals surface area contributed by atoms with Gasteiger partial charge in [-0.05, 0) is 30.7 Å². The van der Waals surface area contributed by atoms with Crippen LogP contribution in [0.15, 0.2) is 71.3 Å². The molecule has 0 saturated carbocycles. The molecule has 0 atom stereocenters. The highest BCUT2D eigenvalue weighted by atomic mass is 35.5. The first kappa shape index (κ1) is 19.0. The number of aromatic nitrogens is 3. The van der Waals surface area contributed by atoms with E-state index in [1.54, 1.807) is 16.9 Å². The molecule has 4 aromatic rings. The molecule has 146 valence electrons. The molecule has 0 aliphatic heterocycles. The van der Waals surface area contributed by atoms with E-state index in [0.29, 0.717) is 34.7 Å². The molecule has 0 radical (unpaired) electrons. The highest BCUT2D eigenvalue weighted by Crippen LogP contribution is 2.22. The van der Waals surface area contributed by atoms with Gasteiger partial charge in [0.2, 0.25) is 11.8 Å². The average Bonchev–Trinajstić information content (AvgIpc) is 3.31. The van der Waals surface area contributed by atoms with Crippen LogP contribution in [0, 0.1) is 6.92 Å². The van der Waals surface area contributed by atoms with Gasteiger partial charge in [0, 0.05) is 16.7 Å². The average molecular weight is 407 g/mol. The van der Waals surface area contributed by atoms with Crippen molar-refractivity contribution in [3.05, 3.63) is 88.9 Å². The van der Waals surface area contributed by atoms with Crippen molar-refractivity contribution in [2.24, 2.45) is 0 Å². The Kier molecular flexibility index (Phi) is 5.44. The fourth-order valence-electron chi connectivity index (χ4n) is 2.99. The van der Waals surface area contributed by atoms with Crippen LogP contribution in [0.1, 0.15) is 17.0 Å². The highest BCUT2D eigenvalue weighted by molar-refractivity contribution is 6.31. The maximum absolute atomic E-state index is 12.6. The number of halogens is 1. The van der Waals surface area contributed by atoms with Gasteiger partial charge >= 0.3 is 0 Å². The van der Waals surface area contributed by atoms with Gasteiger partial charge in [0.25, 0.3) is 0 Å². The lowest BCUT2D eigenvalue weighted by molar-refractivity contribution is -0.115. The molecule has 0 spiro atoms. The summed E-state index contributed by atoms with van der Waals surface area (Å²) in [5, 5.41) is 7.83. The third-order valence-corrected chi connectivity index (χ3v) is 4.87. The predicted molar refractivity (Wildman–Crippen MR) is 112 cm³/mol. The number of carbonyl (C=O) groups excluding carboxylic acids is 1. The number of nitrogens with zero attached hydrogens (tertiary/aromatic N) is 3. The summed E-state index contributed by atoms with van der Waals surface area (Å²) in [6.07, 6.45) is 1.75. The fourth-order valence-corrected chi connectivity index (χ4v) is 3.18. The Morgan fingerprint density at radius 1 is 1.10 bits per heavy atom. The van der Waals surface area contributed by atoms with Crippen molar-refractivity contribution < 1.29 is 9.21 Å². The van der Waals surface area contributed by atoms with Crippen LogP contribution in [-0.4, -0.2) is 20.7 Å². The van der Waals surface area contributed by atoms with Crippen LogP contribution < -0.4 is 5.32 Å². The standard InChI is InChI=1S/C22H19ClN4O2/c1-15-19(25-22(29-15)16-7-3-2-4-8-16)13-21(28)26-20-11-12-24-27(20)14-17-9-5-6-10-18(17)23/h2-12H,13-14H2,1H3,(H,26,28). The van der Waals surface area contributed by atoms with E-state index < -0.39 is 0 Å². The number of oxazole rings is 1. The van der Waals surface area contributed by atoms with Gasteiger partial charge in [-0.25, -0.2) is 9.67 Å². The molecule has 1 amide bonds. The van der Waals surface area contributed by atoms with Crippen molar-refractivity contribution >= 4 is 23.3 Å². The van der Waals surface area contributed by atoms with Crippen molar-refractivity contribution in [3.8, 4) is 11.5 Å². The van der Waals surface area contributed by atoms with Crippen LogP contribution in [0.4, 0.5) is 5.82 Å². The third-order valence-electron chi connectivity index (χ3n) is 4.50. The van der Waals surface area contributed by atoms with E-state index in [1.165, 1.54) is 0 Å². The Morgan fingerprint density at radius 3 is 2.66 bits per heavy atom. The third kappa shape index (κ3) is 4.38. The Bertz CT molecular complexity index is 1130. The summed E-state index contributed by atoms with van der Waals surface area (Å²) >= 11 is 6.23. The van der Waals surface area contributed by atoms with Crippen LogP contribution in [0.25, 0.3) is 11.5 Å².